The first-order chi connectivity index (χ1) is 7.01. The lowest BCUT2D eigenvalue weighted by Crippen LogP contribution is -2.21. The molecule has 0 aromatic heterocycles. The Hall–Kier alpha value is -1.40. The lowest BCUT2D eigenvalue weighted by atomic mass is 10.2. The summed E-state index contributed by atoms with van der Waals surface area (Å²) >= 11 is 0. The van der Waals surface area contributed by atoms with Gasteiger partial charge >= 0.3 is 0 Å². The molecule has 0 bridgehead atoms. The van der Waals surface area contributed by atoms with Crippen LogP contribution < -0.4 is 10.0 Å². The summed E-state index contributed by atoms with van der Waals surface area (Å²) in [5.41, 5.74) is 0.258. The van der Waals surface area contributed by atoms with Crippen LogP contribution in [0, 0.1) is 6.07 Å². The number of hydrogen-bond acceptors (Lipinski definition) is 3. The highest BCUT2D eigenvalue weighted by Crippen LogP contribution is 2.10. The standard InChI is InChI=1S/C9H11N2O3S/c1-10-9(12)7-4-3-5-8(6-7)15(13,14)11-2/h4-6,11H,1-2H3,(H,10,12). The SMILES string of the molecule is CNC(=O)c1c[c]cc(S(=O)(=O)NC)c1. The van der Waals surface area contributed by atoms with E-state index in [0.29, 0.717) is 0 Å². The Bertz CT molecular complexity index is 468. The van der Waals surface area contributed by atoms with E-state index in [1.54, 1.807) is 0 Å². The van der Waals surface area contributed by atoms with Crippen molar-refractivity contribution in [1.82, 2.24) is 10.0 Å². The zero-order valence-electron chi connectivity index (χ0n) is 8.37. The molecule has 0 saturated heterocycles. The molecular weight excluding hydrogens is 216 g/mol. The lowest BCUT2D eigenvalue weighted by Gasteiger charge is -2.04. The van der Waals surface area contributed by atoms with Crippen molar-refractivity contribution in [2.75, 3.05) is 14.1 Å². The highest BCUT2D eigenvalue weighted by Gasteiger charge is 2.13. The van der Waals surface area contributed by atoms with Gasteiger partial charge in [0.1, 0.15) is 0 Å². The van der Waals surface area contributed by atoms with E-state index in [1.165, 1.54) is 32.3 Å². The minimum absolute atomic E-state index is 0.0195. The Labute approximate surface area is 88.5 Å². The van der Waals surface area contributed by atoms with Gasteiger partial charge in [-0.05, 0) is 31.3 Å². The average Bonchev–Trinajstić information content (AvgIpc) is 2.28. The van der Waals surface area contributed by atoms with Gasteiger partial charge in [-0.3, -0.25) is 4.79 Å². The minimum atomic E-state index is -3.52. The molecule has 6 heteroatoms. The van der Waals surface area contributed by atoms with Crippen molar-refractivity contribution in [2.45, 2.75) is 4.90 Å². The van der Waals surface area contributed by atoms with Crippen LogP contribution in [0.5, 0.6) is 0 Å². The van der Waals surface area contributed by atoms with E-state index in [4.69, 9.17) is 0 Å². The molecule has 0 aliphatic carbocycles. The van der Waals surface area contributed by atoms with Crippen molar-refractivity contribution in [1.29, 1.82) is 0 Å². The molecule has 0 unspecified atom stereocenters. The van der Waals surface area contributed by atoms with Gasteiger partial charge in [-0.25, -0.2) is 13.1 Å². The smallest absolute Gasteiger partial charge is 0.251 e. The summed E-state index contributed by atoms with van der Waals surface area (Å²) in [5.74, 6) is -0.348. The molecule has 0 saturated carbocycles. The fourth-order valence-electron chi connectivity index (χ4n) is 0.999. The Kier molecular flexibility index (Phi) is 3.43. The molecule has 0 fully saturated rings. The van der Waals surface area contributed by atoms with Gasteiger partial charge in [-0.2, -0.15) is 0 Å². The molecule has 0 spiro atoms. The summed E-state index contributed by atoms with van der Waals surface area (Å²) in [6.07, 6.45) is 0. The monoisotopic (exact) mass is 227 g/mol. The largest absolute Gasteiger partial charge is 0.355 e. The van der Waals surface area contributed by atoms with Gasteiger partial charge in [-0.1, -0.05) is 0 Å². The summed E-state index contributed by atoms with van der Waals surface area (Å²) in [5, 5.41) is 2.40. The zero-order valence-corrected chi connectivity index (χ0v) is 9.18. The van der Waals surface area contributed by atoms with Crippen LogP contribution in [0.3, 0.4) is 0 Å². The molecule has 1 aromatic carbocycles. The van der Waals surface area contributed by atoms with E-state index >= 15 is 0 Å². The van der Waals surface area contributed by atoms with Crippen LogP contribution in [-0.4, -0.2) is 28.4 Å². The normalized spacial score (nSPS) is 11.1. The van der Waals surface area contributed by atoms with Crippen molar-refractivity contribution in [3.05, 3.63) is 29.8 Å². The van der Waals surface area contributed by atoms with E-state index in [-0.39, 0.29) is 16.4 Å². The maximum absolute atomic E-state index is 11.4. The molecule has 1 amide bonds. The van der Waals surface area contributed by atoms with Crippen LogP contribution in [-0.2, 0) is 10.0 Å². The topological polar surface area (TPSA) is 75.3 Å². The molecule has 0 heterocycles. The van der Waals surface area contributed by atoms with Crippen LogP contribution >= 0.6 is 0 Å². The average molecular weight is 227 g/mol. The number of carbonyl (C=O) groups is 1. The second kappa shape index (κ2) is 4.41. The highest BCUT2D eigenvalue weighted by atomic mass is 32.2. The Balaban J connectivity index is 3.20. The molecule has 81 valence electrons. The van der Waals surface area contributed by atoms with Crippen LogP contribution in [0.2, 0.25) is 0 Å². The molecule has 1 aromatic rings. The molecule has 2 N–H and O–H groups in total. The second-order valence-electron chi connectivity index (χ2n) is 2.74. The third-order valence-corrected chi connectivity index (χ3v) is 3.22. The van der Waals surface area contributed by atoms with E-state index < -0.39 is 10.0 Å². The molecule has 0 aliphatic rings. The summed E-state index contributed by atoms with van der Waals surface area (Å²) in [6, 6.07) is 6.63. The number of hydrogen-bond donors (Lipinski definition) is 2. The lowest BCUT2D eigenvalue weighted by molar-refractivity contribution is 0.0963. The van der Waals surface area contributed by atoms with E-state index in [1.807, 2.05) is 0 Å². The van der Waals surface area contributed by atoms with Gasteiger partial charge in [0.25, 0.3) is 5.91 Å². The van der Waals surface area contributed by atoms with Crippen LogP contribution in [0.25, 0.3) is 0 Å². The Morgan fingerprint density at radius 2 is 2.00 bits per heavy atom. The van der Waals surface area contributed by atoms with Crippen molar-refractivity contribution in [2.24, 2.45) is 0 Å². The molecule has 0 aliphatic heterocycles. The molecule has 5 nitrogen and oxygen atoms in total. The van der Waals surface area contributed by atoms with Crippen LogP contribution in [0.1, 0.15) is 10.4 Å². The van der Waals surface area contributed by atoms with Gasteiger partial charge < -0.3 is 5.32 Å². The predicted molar refractivity (Wildman–Crippen MR) is 54.9 cm³/mol. The van der Waals surface area contributed by atoms with Gasteiger partial charge in [-0.15, -0.1) is 0 Å². The van der Waals surface area contributed by atoms with Crippen LogP contribution in [0.4, 0.5) is 0 Å². The van der Waals surface area contributed by atoms with Gasteiger partial charge in [0.2, 0.25) is 10.0 Å². The second-order valence-corrected chi connectivity index (χ2v) is 4.63. The number of carbonyl (C=O) groups excluding carboxylic acids is 1. The van der Waals surface area contributed by atoms with E-state index in [0.717, 1.165) is 0 Å². The van der Waals surface area contributed by atoms with Crippen molar-refractivity contribution in [3.63, 3.8) is 0 Å². The number of benzene rings is 1. The molecule has 0 atom stereocenters. The third kappa shape index (κ3) is 2.54. The zero-order chi connectivity index (χ0) is 11.5. The molecule has 1 radical (unpaired) electrons. The maximum Gasteiger partial charge on any atom is 0.251 e. The van der Waals surface area contributed by atoms with E-state index in [2.05, 4.69) is 16.1 Å². The fraction of sp³-hybridized carbons (Fsp3) is 0.222. The summed E-state index contributed by atoms with van der Waals surface area (Å²) in [4.78, 5) is 11.3. The number of nitrogens with one attached hydrogen (secondary N) is 2. The fourth-order valence-corrected chi connectivity index (χ4v) is 1.74. The Morgan fingerprint density at radius 3 is 2.53 bits per heavy atom. The van der Waals surface area contributed by atoms with Crippen molar-refractivity contribution >= 4 is 15.9 Å². The predicted octanol–water partition coefficient (Wildman–Crippen LogP) is -0.246. The number of amides is 1. The van der Waals surface area contributed by atoms with Crippen molar-refractivity contribution < 1.29 is 13.2 Å². The first-order valence-electron chi connectivity index (χ1n) is 4.18. The molecular formula is C9H11N2O3S. The minimum Gasteiger partial charge on any atom is -0.355 e. The molecule has 1 rings (SSSR count). The summed E-state index contributed by atoms with van der Waals surface area (Å²) in [6.45, 7) is 0. The highest BCUT2D eigenvalue weighted by molar-refractivity contribution is 7.89. The molecule has 15 heavy (non-hydrogen) atoms. The first-order valence-corrected chi connectivity index (χ1v) is 5.66. The first kappa shape index (κ1) is 11.7. The summed E-state index contributed by atoms with van der Waals surface area (Å²) in [7, 11) is -0.742. The maximum atomic E-state index is 11.4. The summed E-state index contributed by atoms with van der Waals surface area (Å²) < 4.78 is 25.0. The quantitative estimate of drug-likeness (QED) is 0.748. The van der Waals surface area contributed by atoms with Crippen LogP contribution in [0.15, 0.2) is 23.1 Å². The van der Waals surface area contributed by atoms with Gasteiger partial charge in [0.15, 0.2) is 0 Å². The van der Waals surface area contributed by atoms with Crippen molar-refractivity contribution in [3.8, 4) is 0 Å². The number of rotatable bonds is 3. The van der Waals surface area contributed by atoms with E-state index in [9.17, 15) is 13.2 Å². The number of sulfonamides is 1. The van der Waals surface area contributed by atoms with Gasteiger partial charge in [0.05, 0.1) is 4.90 Å². The third-order valence-electron chi connectivity index (χ3n) is 1.83. The Morgan fingerprint density at radius 1 is 1.33 bits per heavy atom. The van der Waals surface area contributed by atoms with Gasteiger partial charge in [0, 0.05) is 12.6 Å².